The smallest absolute Gasteiger partial charge is 0.317 e. The summed E-state index contributed by atoms with van der Waals surface area (Å²) in [6, 6.07) is 0.640. The van der Waals surface area contributed by atoms with Gasteiger partial charge in [0, 0.05) is 19.1 Å². The van der Waals surface area contributed by atoms with E-state index in [-0.39, 0.29) is 5.54 Å². The molecule has 0 aromatic carbocycles. The Balaban J connectivity index is 1.84. The van der Waals surface area contributed by atoms with E-state index in [1.165, 1.54) is 32.1 Å². The third-order valence-electron chi connectivity index (χ3n) is 3.81. The zero-order valence-electron chi connectivity index (χ0n) is 13.3. The van der Waals surface area contributed by atoms with Gasteiger partial charge in [0.25, 0.3) is 0 Å². The molecular weight excluding hydrogens is 252 g/mol. The molecule has 0 atom stereocenters. The van der Waals surface area contributed by atoms with Crippen molar-refractivity contribution in [3.63, 3.8) is 0 Å². The second-order valence-corrected chi connectivity index (χ2v) is 6.97. The lowest BCUT2D eigenvalue weighted by Crippen LogP contribution is -2.35. The molecule has 0 bridgehead atoms. The van der Waals surface area contributed by atoms with Crippen molar-refractivity contribution >= 4 is 6.01 Å². The molecule has 1 aliphatic carbocycles. The summed E-state index contributed by atoms with van der Waals surface area (Å²) in [5, 5.41) is 11.6. The third-order valence-corrected chi connectivity index (χ3v) is 3.81. The molecule has 0 aliphatic heterocycles. The van der Waals surface area contributed by atoms with Gasteiger partial charge in [-0.2, -0.15) is 0 Å². The van der Waals surface area contributed by atoms with Crippen molar-refractivity contribution < 1.29 is 4.42 Å². The average molecular weight is 280 g/mol. The topological polar surface area (TPSA) is 54.2 Å². The molecule has 1 aromatic heterocycles. The fourth-order valence-corrected chi connectivity index (χ4v) is 2.65. The summed E-state index contributed by atoms with van der Waals surface area (Å²) in [5.74, 6) is 1.43. The van der Waals surface area contributed by atoms with E-state index in [2.05, 4.69) is 41.2 Å². The zero-order valence-corrected chi connectivity index (χ0v) is 13.3. The normalized spacial score (nSPS) is 17.4. The van der Waals surface area contributed by atoms with Crippen molar-refractivity contribution in [1.29, 1.82) is 0 Å². The monoisotopic (exact) mass is 280 g/mol. The maximum absolute atomic E-state index is 5.72. The zero-order chi connectivity index (χ0) is 14.6. The minimum absolute atomic E-state index is 0.0582. The molecule has 5 nitrogen and oxygen atoms in total. The molecule has 1 aromatic rings. The van der Waals surface area contributed by atoms with Crippen molar-refractivity contribution in [1.82, 2.24) is 15.5 Å². The van der Waals surface area contributed by atoms with E-state index in [1.54, 1.807) is 0 Å². The fraction of sp³-hybridized carbons (Fsp3) is 0.867. The quantitative estimate of drug-likeness (QED) is 0.898. The van der Waals surface area contributed by atoms with Crippen LogP contribution in [0.15, 0.2) is 4.42 Å². The highest BCUT2D eigenvalue weighted by Crippen LogP contribution is 2.25. The Labute approximate surface area is 122 Å². The van der Waals surface area contributed by atoms with Crippen LogP contribution in [0.2, 0.25) is 0 Å². The lowest BCUT2D eigenvalue weighted by molar-refractivity contribution is 0.351. The van der Waals surface area contributed by atoms with Crippen LogP contribution in [0, 0.1) is 5.92 Å². The minimum atomic E-state index is 0.0582. The molecule has 1 heterocycles. The van der Waals surface area contributed by atoms with Gasteiger partial charge in [0.1, 0.15) is 0 Å². The average Bonchev–Trinajstić information content (AvgIpc) is 2.86. The highest BCUT2D eigenvalue weighted by molar-refractivity contribution is 5.22. The molecule has 1 N–H and O–H groups in total. The van der Waals surface area contributed by atoms with Crippen LogP contribution in [0.3, 0.4) is 0 Å². The third kappa shape index (κ3) is 4.78. The van der Waals surface area contributed by atoms with Gasteiger partial charge in [0.15, 0.2) is 0 Å². The lowest BCUT2D eigenvalue weighted by atomic mass is 9.89. The highest BCUT2D eigenvalue weighted by atomic mass is 16.4. The largest absolute Gasteiger partial charge is 0.407 e. The van der Waals surface area contributed by atoms with Gasteiger partial charge in [0.2, 0.25) is 5.89 Å². The van der Waals surface area contributed by atoms with Gasteiger partial charge >= 0.3 is 6.01 Å². The lowest BCUT2D eigenvalue weighted by Gasteiger charge is -2.25. The Morgan fingerprint density at radius 3 is 2.55 bits per heavy atom. The van der Waals surface area contributed by atoms with Crippen LogP contribution in [0.5, 0.6) is 0 Å². The molecular formula is C15H28N4O. The molecule has 1 aliphatic rings. The van der Waals surface area contributed by atoms with E-state index in [1.807, 2.05) is 7.05 Å². The first-order valence-corrected chi connectivity index (χ1v) is 7.72. The van der Waals surface area contributed by atoms with Gasteiger partial charge in [-0.25, -0.2) is 0 Å². The van der Waals surface area contributed by atoms with Gasteiger partial charge in [-0.15, -0.1) is 5.10 Å². The second-order valence-electron chi connectivity index (χ2n) is 6.97. The van der Waals surface area contributed by atoms with Gasteiger partial charge in [-0.1, -0.05) is 24.4 Å². The standard InChI is InChI=1S/C15H28N4O/c1-15(2,3)16-10-13-17-18-14(20-13)19(4)11-12-8-6-5-7-9-12/h12,16H,5-11H2,1-4H3. The number of hydrogen-bond acceptors (Lipinski definition) is 5. The maximum Gasteiger partial charge on any atom is 0.317 e. The summed E-state index contributed by atoms with van der Waals surface area (Å²) in [5.41, 5.74) is 0.0582. The Morgan fingerprint density at radius 1 is 1.20 bits per heavy atom. The maximum atomic E-state index is 5.72. The van der Waals surface area contributed by atoms with Crippen LogP contribution >= 0.6 is 0 Å². The van der Waals surface area contributed by atoms with Gasteiger partial charge in [-0.3, -0.25) is 0 Å². The number of nitrogens with zero attached hydrogens (tertiary/aromatic N) is 3. The molecule has 2 rings (SSSR count). The summed E-state index contributed by atoms with van der Waals surface area (Å²) in [4.78, 5) is 2.10. The Morgan fingerprint density at radius 2 is 1.90 bits per heavy atom. The predicted octanol–water partition coefficient (Wildman–Crippen LogP) is 2.97. The number of rotatable bonds is 5. The van der Waals surface area contributed by atoms with Crippen LogP contribution in [0.4, 0.5) is 6.01 Å². The van der Waals surface area contributed by atoms with E-state index >= 15 is 0 Å². The number of hydrogen-bond donors (Lipinski definition) is 1. The van der Waals surface area contributed by atoms with Crippen LogP contribution in [0.25, 0.3) is 0 Å². The molecule has 5 heteroatoms. The molecule has 1 saturated carbocycles. The summed E-state index contributed by atoms with van der Waals surface area (Å²) < 4.78 is 5.72. The van der Waals surface area contributed by atoms with Crippen LogP contribution in [0.1, 0.15) is 58.8 Å². The first kappa shape index (κ1) is 15.3. The Bertz CT molecular complexity index is 404. The first-order valence-electron chi connectivity index (χ1n) is 7.72. The minimum Gasteiger partial charge on any atom is -0.407 e. The van der Waals surface area contributed by atoms with E-state index in [4.69, 9.17) is 4.42 Å². The molecule has 0 spiro atoms. The van der Waals surface area contributed by atoms with E-state index in [0.717, 1.165) is 12.5 Å². The molecule has 0 unspecified atom stereocenters. The van der Waals surface area contributed by atoms with Crippen LogP contribution in [-0.2, 0) is 6.54 Å². The van der Waals surface area contributed by atoms with E-state index < -0.39 is 0 Å². The number of aromatic nitrogens is 2. The molecule has 20 heavy (non-hydrogen) atoms. The molecule has 0 saturated heterocycles. The fourth-order valence-electron chi connectivity index (χ4n) is 2.65. The summed E-state index contributed by atoms with van der Waals surface area (Å²) >= 11 is 0. The molecule has 0 amide bonds. The summed E-state index contributed by atoms with van der Waals surface area (Å²) in [6.45, 7) is 8.01. The van der Waals surface area contributed by atoms with Crippen molar-refractivity contribution in [2.45, 2.75) is 65.0 Å². The number of nitrogens with one attached hydrogen (secondary N) is 1. The SMILES string of the molecule is CN(CC1CCCCC1)c1nnc(CNC(C)(C)C)o1. The highest BCUT2D eigenvalue weighted by Gasteiger charge is 2.19. The van der Waals surface area contributed by atoms with E-state index in [0.29, 0.717) is 18.5 Å². The predicted molar refractivity (Wildman–Crippen MR) is 80.7 cm³/mol. The van der Waals surface area contributed by atoms with Gasteiger partial charge < -0.3 is 14.6 Å². The van der Waals surface area contributed by atoms with Crippen LogP contribution < -0.4 is 10.2 Å². The second kappa shape index (κ2) is 6.57. The van der Waals surface area contributed by atoms with Crippen LogP contribution in [-0.4, -0.2) is 29.3 Å². The Hall–Kier alpha value is -1.10. The summed E-state index contributed by atoms with van der Waals surface area (Å²) in [7, 11) is 2.04. The first-order chi connectivity index (χ1) is 9.44. The van der Waals surface area contributed by atoms with E-state index in [9.17, 15) is 0 Å². The van der Waals surface area contributed by atoms with Gasteiger partial charge in [-0.05, 0) is 39.5 Å². The van der Waals surface area contributed by atoms with Crippen molar-refractivity contribution in [2.24, 2.45) is 5.92 Å². The van der Waals surface area contributed by atoms with Crippen molar-refractivity contribution in [3.05, 3.63) is 5.89 Å². The molecule has 1 fully saturated rings. The Kier molecular flexibility index (Phi) is 5.02. The van der Waals surface area contributed by atoms with Crippen molar-refractivity contribution in [3.8, 4) is 0 Å². The number of anilines is 1. The molecule has 0 radical (unpaired) electrons. The van der Waals surface area contributed by atoms with Crippen molar-refractivity contribution in [2.75, 3.05) is 18.5 Å². The molecule has 114 valence electrons. The van der Waals surface area contributed by atoms with Gasteiger partial charge in [0.05, 0.1) is 6.54 Å². The summed E-state index contributed by atoms with van der Waals surface area (Å²) in [6.07, 6.45) is 6.78.